The maximum atomic E-state index is 14.4. The van der Waals surface area contributed by atoms with Crippen LogP contribution in [0.2, 0.25) is 0 Å². The van der Waals surface area contributed by atoms with Gasteiger partial charge in [-0.2, -0.15) is 0 Å². The Morgan fingerprint density at radius 2 is 2.12 bits per heavy atom. The number of hydrogen-bond acceptors (Lipinski definition) is 3. The van der Waals surface area contributed by atoms with Gasteiger partial charge in [-0.25, -0.2) is 9.18 Å². The zero-order valence-corrected chi connectivity index (χ0v) is 15.9. The lowest BCUT2D eigenvalue weighted by Gasteiger charge is -2.35. The average Bonchev–Trinajstić information content (AvgIpc) is 2.79. The summed E-state index contributed by atoms with van der Waals surface area (Å²) in [4.78, 5) is 28.5. The number of ether oxygens (including phenoxy) is 1. The summed E-state index contributed by atoms with van der Waals surface area (Å²) in [5.41, 5.74) is 0.588. The molecule has 8 heteroatoms. The molecular weight excluding hydrogens is 381 g/mol. The van der Waals surface area contributed by atoms with E-state index in [4.69, 9.17) is 4.74 Å². The number of aromatic amines is 1. The molecule has 2 N–H and O–H groups in total. The van der Waals surface area contributed by atoms with Crippen LogP contribution in [0.1, 0.15) is 43.4 Å². The van der Waals surface area contributed by atoms with Gasteiger partial charge in [0.25, 0.3) is 5.91 Å². The summed E-state index contributed by atoms with van der Waals surface area (Å²) in [6.07, 6.45) is -1.53. The number of aromatic nitrogens is 1. The Labute approximate surface area is 149 Å². The molecule has 1 unspecified atom stereocenters. The highest BCUT2D eigenvalue weighted by atomic mass is 79.9. The van der Waals surface area contributed by atoms with Gasteiger partial charge in [-0.05, 0) is 56.1 Å². The van der Waals surface area contributed by atoms with E-state index in [1.165, 1.54) is 4.90 Å². The molecule has 2 rings (SSSR count). The van der Waals surface area contributed by atoms with Crippen LogP contribution in [0.5, 0.6) is 0 Å². The summed E-state index contributed by atoms with van der Waals surface area (Å²) < 4.78 is 20.4. The number of nitrogens with zero attached hydrogens (tertiary/aromatic N) is 1. The monoisotopic (exact) mass is 403 g/mol. The number of halogens is 2. The van der Waals surface area contributed by atoms with Crippen LogP contribution in [0.3, 0.4) is 0 Å². The number of amides is 2. The van der Waals surface area contributed by atoms with E-state index in [1.807, 2.05) is 6.92 Å². The molecule has 1 aliphatic rings. The number of carbonyl (C=O) groups is 2. The Kier molecular flexibility index (Phi) is 5.57. The predicted molar refractivity (Wildman–Crippen MR) is 91.8 cm³/mol. The summed E-state index contributed by atoms with van der Waals surface area (Å²) >= 11 is 3.33. The quantitative estimate of drug-likeness (QED) is 0.795. The fourth-order valence-corrected chi connectivity index (χ4v) is 2.79. The highest BCUT2D eigenvalue weighted by molar-refractivity contribution is 9.10. The molecule has 0 aliphatic carbocycles. The molecule has 0 spiro atoms. The third-order valence-electron chi connectivity index (χ3n) is 3.71. The van der Waals surface area contributed by atoms with Crippen molar-refractivity contribution >= 4 is 27.9 Å². The van der Waals surface area contributed by atoms with E-state index in [0.717, 1.165) is 10.2 Å². The summed E-state index contributed by atoms with van der Waals surface area (Å²) in [6.45, 7) is 7.38. The Hall–Kier alpha value is -1.57. The van der Waals surface area contributed by atoms with Gasteiger partial charge in [-0.1, -0.05) is 0 Å². The number of alkyl halides is 1. The van der Waals surface area contributed by atoms with E-state index < -0.39 is 23.9 Å². The van der Waals surface area contributed by atoms with Crippen molar-refractivity contribution in [2.45, 2.75) is 51.9 Å². The Morgan fingerprint density at radius 3 is 2.62 bits per heavy atom. The van der Waals surface area contributed by atoms with E-state index in [1.54, 1.807) is 26.8 Å². The number of H-pyrrole nitrogens is 1. The second kappa shape index (κ2) is 7.13. The molecule has 0 bridgehead atoms. The summed E-state index contributed by atoms with van der Waals surface area (Å²) in [5, 5.41) is 2.69. The van der Waals surface area contributed by atoms with E-state index in [9.17, 15) is 14.0 Å². The average molecular weight is 404 g/mol. The third kappa shape index (κ3) is 4.72. The minimum Gasteiger partial charge on any atom is -0.444 e. The van der Waals surface area contributed by atoms with Crippen LogP contribution in [0.4, 0.5) is 9.18 Å². The molecule has 0 aromatic carbocycles. The maximum absolute atomic E-state index is 14.4. The van der Waals surface area contributed by atoms with Gasteiger partial charge in [0, 0.05) is 16.7 Å². The van der Waals surface area contributed by atoms with Crippen molar-refractivity contribution in [2.24, 2.45) is 0 Å². The van der Waals surface area contributed by atoms with Gasteiger partial charge in [-0.15, -0.1) is 0 Å². The third-order valence-corrected chi connectivity index (χ3v) is 4.53. The topological polar surface area (TPSA) is 74.4 Å². The fraction of sp³-hybridized carbons (Fsp3) is 0.625. The number of hydrogen-bond donors (Lipinski definition) is 2. The van der Waals surface area contributed by atoms with Gasteiger partial charge in [0.15, 0.2) is 0 Å². The van der Waals surface area contributed by atoms with Gasteiger partial charge >= 0.3 is 6.09 Å². The van der Waals surface area contributed by atoms with Crippen molar-refractivity contribution in [1.29, 1.82) is 0 Å². The standard InChI is InChI=1S/C16H23BrFN3O3/c1-9-10(17)7-13(19-9)14(22)20-12-5-6-21(8-11(12)18)15(23)24-16(2,3)4/h7,11-12,19H,5-6,8H2,1-4H3,(H,20,22)/t11-,12?/m0/s1. The van der Waals surface area contributed by atoms with Crippen LogP contribution in [0.25, 0.3) is 0 Å². The van der Waals surface area contributed by atoms with Crippen molar-refractivity contribution in [3.05, 3.63) is 21.9 Å². The zero-order valence-electron chi connectivity index (χ0n) is 14.3. The molecule has 24 heavy (non-hydrogen) atoms. The molecule has 1 aromatic rings. The van der Waals surface area contributed by atoms with Crippen LogP contribution >= 0.6 is 15.9 Å². The lowest BCUT2D eigenvalue weighted by atomic mass is 10.0. The van der Waals surface area contributed by atoms with Gasteiger partial charge in [-0.3, -0.25) is 4.79 Å². The predicted octanol–water partition coefficient (Wildman–Crippen LogP) is 3.16. The van der Waals surface area contributed by atoms with Crippen molar-refractivity contribution in [1.82, 2.24) is 15.2 Å². The van der Waals surface area contributed by atoms with Gasteiger partial charge < -0.3 is 19.9 Å². The number of nitrogens with one attached hydrogen (secondary N) is 2. The Balaban J connectivity index is 1.91. The van der Waals surface area contributed by atoms with E-state index in [-0.39, 0.29) is 12.5 Å². The molecule has 134 valence electrons. The number of piperidine rings is 1. The van der Waals surface area contributed by atoms with Crippen LogP contribution in [0, 0.1) is 6.92 Å². The van der Waals surface area contributed by atoms with Gasteiger partial charge in [0.2, 0.25) is 0 Å². The molecule has 0 radical (unpaired) electrons. The van der Waals surface area contributed by atoms with Gasteiger partial charge in [0.05, 0.1) is 12.6 Å². The maximum Gasteiger partial charge on any atom is 0.410 e. The summed E-state index contributed by atoms with van der Waals surface area (Å²) in [5.74, 6) is -0.359. The molecule has 1 aromatic heterocycles. The number of likely N-dealkylation sites (tertiary alicyclic amines) is 1. The molecule has 2 amide bonds. The van der Waals surface area contributed by atoms with E-state index >= 15 is 0 Å². The highest BCUT2D eigenvalue weighted by Crippen LogP contribution is 2.20. The number of aryl methyl sites for hydroxylation is 1. The van der Waals surface area contributed by atoms with E-state index in [0.29, 0.717) is 18.7 Å². The molecule has 6 nitrogen and oxygen atoms in total. The number of carbonyl (C=O) groups excluding carboxylic acids is 2. The molecule has 1 saturated heterocycles. The lowest BCUT2D eigenvalue weighted by molar-refractivity contribution is 0.00970. The molecule has 2 atom stereocenters. The first-order chi connectivity index (χ1) is 11.1. The molecule has 2 heterocycles. The first kappa shape index (κ1) is 18.8. The van der Waals surface area contributed by atoms with Crippen LogP contribution in [-0.2, 0) is 4.74 Å². The normalized spacial score (nSPS) is 21.5. The van der Waals surface area contributed by atoms with Crippen molar-refractivity contribution < 1.29 is 18.7 Å². The molecule has 1 fully saturated rings. The van der Waals surface area contributed by atoms with Crippen molar-refractivity contribution in [2.75, 3.05) is 13.1 Å². The lowest BCUT2D eigenvalue weighted by Crippen LogP contribution is -2.54. The molecule has 1 aliphatic heterocycles. The summed E-state index contributed by atoms with van der Waals surface area (Å²) in [7, 11) is 0. The zero-order chi connectivity index (χ0) is 18.1. The fourth-order valence-electron chi connectivity index (χ4n) is 2.46. The van der Waals surface area contributed by atoms with E-state index in [2.05, 4.69) is 26.2 Å². The first-order valence-corrected chi connectivity index (χ1v) is 8.64. The Morgan fingerprint density at radius 1 is 1.46 bits per heavy atom. The van der Waals surface area contributed by atoms with Crippen molar-refractivity contribution in [3.63, 3.8) is 0 Å². The minimum atomic E-state index is -1.34. The van der Waals surface area contributed by atoms with Crippen LogP contribution < -0.4 is 5.32 Å². The van der Waals surface area contributed by atoms with Gasteiger partial charge in [0.1, 0.15) is 17.5 Å². The summed E-state index contributed by atoms with van der Waals surface area (Å²) in [6, 6.07) is 1.03. The molecule has 0 saturated carbocycles. The smallest absolute Gasteiger partial charge is 0.410 e. The van der Waals surface area contributed by atoms with Crippen LogP contribution in [0.15, 0.2) is 10.5 Å². The molecular formula is C16H23BrFN3O3. The largest absolute Gasteiger partial charge is 0.444 e. The van der Waals surface area contributed by atoms with Crippen LogP contribution in [-0.4, -0.2) is 52.8 Å². The SMILES string of the molecule is Cc1[nH]c(C(=O)NC2CCN(C(=O)OC(C)(C)C)C[C@@H]2F)cc1Br. The number of rotatable bonds is 2. The first-order valence-electron chi connectivity index (χ1n) is 7.85. The second-order valence-corrected chi connectivity index (χ2v) is 7.82. The Bertz CT molecular complexity index is 607. The highest BCUT2D eigenvalue weighted by Gasteiger charge is 2.34. The second-order valence-electron chi connectivity index (χ2n) is 6.97. The van der Waals surface area contributed by atoms with Crippen molar-refractivity contribution in [3.8, 4) is 0 Å². The minimum absolute atomic E-state index is 0.0900.